The molecule has 3 rings (SSSR count). The zero-order chi connectivity index (χ0) is 15.4. The average molecular weight is 297 g/mol. The molecule has 114 valence electrons. The third kappa shape index (κ3) is 3.17. The lowest BCUT2D eigenvalue weighted by Gasteiger charge is -2.27. The Labute approximate surface area is 129 Å². The van der Waals surface area contributed by atoms with E-state index in [0.717, 1.165) is 22.9 Å². The van der Waals surface area contributed by atoms with Crippen LogP contribution < -0.4 is 11.1 Å². The first-order valence-corrected chi connectivity index (χ1v) is 7.16. The second-order valence-electron chi connectivity index (χ2n) is 5.04. The van der Waals surface area contributed by atoms with Crippen molar-refractivity contribution in [2.45, 2.75) is 6.54 Å². The highest BCUT2D eigenvalue weighted by atomic mass is 16.5. The van der Waals surface area contributed by atoms with Gasteiger partial charge in [-0.25, -0.2) is 9.98 Å². The number of anilines is 2. The smallest absolute Gasteiger partial charge is 0.196 e. The van der Waals surface area contributed by atoms with E-state index in [9.17, 15) is 0 Å². The quantitative estimate of drug-likeness (QED) is 0.885. The van der Waals surface area contributed by atoms with E-state index < -0.39 is 0 Å². The fourth-order valence-electron chi connectivity index (χ4n) is 2.30. The van der Waals surface area contributed by atoms with Crippen molar-refractivity contribution in [3.05, 3.63) is 48.2 Å². The van der Waals surface area contributed by atoms with Gasteiger partial charge in [-0.05, 0) is 24.3 Å². The zero-order valence-corrected chi connectivity index (χ0v) is 12.5. The van der Waals surface area contributed by atoms with E-state index in [0.29, 0.717) is 25.7 Å². The maximum atomic E-state index is 5.97. The maximum absolute atomic E-state index is 5.97. The second kappa shape index (κ2) is 6.44. The molecule has 1 aliphatic rings. The number of rotatable bonds is 5. The fraction of sp³-hybridized carbons (Fsp3) is 0.250. The Hall–Kier alpha value is -2.60. The van der Waals surface area contributed by atoms with Gasteiger partial charge in [0.25, 0.3) is 0 Å². The number of methoxy groups -OCH3 is 1. The third-order valence-corrected chi connectivity index (χ3v) is 3.46. The molecule has 22 heavy (non-hydrogen) atoms. The summed E-state index contributed by atoms with van der Waals surface area (Å²) in [5.74, 6) is 1.31. The normalized spacial score (nSPS) is 13.5. The average Bonchev–Trinajstić information content (AvgIpc) is 2.54. The maximum Gasteiger partial charge on any atom is 0.196 e. The molecule has 6 heteroatoms. The number of guanidine groups is 1. The summed E-state index contributed by atoms with van der Waals surface area (Å²) in [5.41, 5.74) is 8.71. The van der Waals surface area contributed by atoms with Crippen molar-refractivity contribution < 1.29 is 4.74 Å². The van der Waals surface area contributed by atoms with Crippen LogP contribution in [0.5, 0.6) is 0 Å². The van der Waals surface area contributed by atoms with Crippen LogP contribution in [-0.2, 0) is 11.3 Å². The van der Waals surface area contributed by atoms with Crippen LogP contribution in [0.15, 0.2) is 47.5 Å². The number of fused-ring (bicyclic) bond motifs is 1. The summed E-state index contributed by atoms with van der Waals surface area (Å²) in [6.45, 7) is 1.94. The molecular weight excluding hydrogens is 278 g/mol. The molecule has 0 unspecified atom stereocenters. The standard InChI is InChI=1S/C16H19N5O/c1-22-10-9-21-11-14-13(20-16(21)17)7-8-15(19-14)18-12-5-3-2-4-6-12/h2-8H,9-11H2,1H3,(H2,17,20)(H,18,19). The van der Waals surface area contributed by atoms with E-state index in [1.807, 2.05) is 47.4 Å². The molecule has 0 saturated carbocycles. The molecule has 1 aliphatic heterocycles. The molecule has 0 fully saturated rings. The summed E-state index contributed by atoms with van der Waals surface area (Å²) in [5, 5.41) is 3.29. The Morgan fingerprint density at radius 1 is 1.23 bits per heavy atom. The van der Waals surface area contributed by atoms with Crippen molar-refractivity contribution in [3.8, 4) is 0 Å². The molecule has 1 aromatic heterocycles. The van der Waals surface area contributed by atoms with Gasteiger partial charge in [-0.15, -0.1) is 0 Å². The van der Waals surface area contributed by atoms with E-state index in [4.69, 9.17) is 10.5 Å². The Kier molecular flexibility index (Phi) is 4.20. The van der Waals surface area contributed by atoms with Crippen LogP contribution in [0.3, 0.4) is 0 Å². The van der Waals surface area contributed by atoms with Gasteiger partial charge in [-0.3, -0.25) is 0 Å². The summed E-state index contributed by atoms with van der Waals surface area (Å²) in [6.07, 6.45) is 0. The van der Waals surface area contributed by atoms with Crippen LogP contribution in [0.1, 0.15) is 5.69 Å². The Morgan fingerprint density at radius 3 is 2.82 bits per heavy atom. The fourth-order valence-corrected chi connectivity index (χ4v) is 2.30. The van der Waals surface area contributed by atoms with Crippen molar-refractivity contribution in [3.63, 3.8) is 0 Å². The molecule has 0 atom stereocenters. The number of nitrogens with zero attached hydrogens (tertiary/aromatic N) is 3. The van der Waals surface area contributed by atoms with Crippen LogP contribution in [0.25, 0.3) is 0 Å². The highest BCUT2D eigenvalue weighted by Gasteiger charge is 2.18. The minimum Gasteiger partial charge on any atom is -0.383 e. The molecule has 2 heterocycles. The molecule has 0 saturated heterocycles. The summed E-state index contributed by atoms with van der Waals surface area (Å²) in [4.78, 5) is 11.0. The van der Waals surface area contributed by atoms with Crippen LogP contribution in [0, 0.1) is 0 Å². The first kappa shape index (κ1) is 14.3. The van der Waals surface area contributed by atoms with Crippen molar-refractivity contribution in [2.24, 2.45) is 10.7 Å². The number of para-hydroxylation sites is 1. The number of ether oxygens (including phenoxy) is 1. The number of pyridine rings is 1. The van der Waals surface area contributed by atoms with Gasteiger partial charge in [-0.2, -0.15) is 0 Å². The lowest BCUT2D eigenvalue weighted by atomic mass is 10.2. The van der Waals surface area contributed by atoms with E-state index in [1.54, 1.807) is 7.11 Å². The molecule has 6 nitrogen and oxygen atoms in total. The molecule has 1 aromatic carbocycles. The number of hydrogen-bond acceptors (Lipinski definition) is 6. The number of nitrogens with two attached hydrogens (primary N) is 1. The first-order valence-electron chi connectivity index (χ1n) is 7.16. The van der Waals surface area contributed by atoms with Gasteiger partial charge in [0.1, 0.15) is 5.82 Å². The Morgan fingerprint density at radius 2 is 2.05 bits per heavy atom. The van der Waals surface area contributed by atoms with Gasteiger partial charge >= 0.3 is 0 Å². The molecule has 0 spiro atoms. The summed E-state index contributed by atoms with van der Waals surface area (Å²) in [6, 6.07) is 13.8. The number of hydrogen-bond donors (Lipinski definition) is 2. The van der Waals surface area contributed by atoms with Crippen molar-refractivity contribution in [1.29, 1.82) is 0 Å². The van der Waals surface area contributed by atoms with Gasteiger partial charge in [0.05, 0.1) is 24.5 Å². The largest absolute Gasteiger partial charge is 0.383 e. The van der Waals surface area contributed by atoms with Crippen LogP contribution in [0.2, 0.25) is 0 Å². The summed E-state index contributed by atoms with van der Waals surface area (Å²) < 4.78 is 5.10. The summed E-state index contributed by atoms with van der Waals surface area (Å²) in [7, 11) is 1.67. The molecule has 0 bridgehead atoms. The molecule has 3 N–H and O–H groups in total. The second-order valence-corrected chi connectivity index (χ2v) is 5.04. The lowest BCUT2D eigenvalue weighted by molar-refractivity contribution is 0.173. The van der Waals surface area contributed by atoms with E-state index in [-0.39, 0.29) is 0 Å². The minimum absolute atomic E-state index is 0.509. The van der Waals surface area contributed by atoms with Crippen LogP contribution in [-0.4, -0.2) is 36.1 Å². The number of nitrogens with one attached hydrogen (secondary N) is 1. The third-order valence-electron chi connectivity index (χ3n) is 3.46. The van der Waals surface area contributed by atoms with Crippen molar-refractivity contribution in [1.82, 2.24) is 9.88 Å². The molecule has 0 radical (unpaired) electrons. The summed E-state index contributed by atoms with van der Waals surface area (Å²) >= 11 is 0. The van der Waals surface area contributed by atoms with Crippen molar-refractivity contribution >= 4 is 23.2 Å². The van der Waals surface area contributed by atoms with Gasteiger partial charge < -0.3 is 20.7 Å². The number of aliphatic imine (C=N–C) groups is 1. The Balaban J connectivity index is 1.79. The van der Waals surface area contributed by atoms with Crippen LogP contribution in [0.4, 0.5) is 17.2 Å². The highest BCUT2D eigenvalue weighted by molar-refractivity contribution is 5.83. The number of aromatic nitrogens is 1. The Bertz CT molecular complexity index is 671. The van der Waals surface area contributed by atoms with E-state index in [2.05, 4.69) is 15.3 Å². The predicted molar refractivity (Wildman–Crippen MR) is 87.5 cm³/mol. The van der Waals surface area contributed by atoms with Crippen molar-refractivity contribution in [2.75, 3.05) is 25.6 Å². The topological polar surface area (TPSA) is 75.8 Å². The molecule has 2 aromatic rings. The monoisotopic (exact) mass is 297 g/mol. The highest BCUT2D eigenvalue weighted by Crippen LogP contribution is 2.26. The predicted octanol–water partition coefficient (Wildman–Crippen LogP) is 2.23. The molecular formula is C16H19N5O. The molecule has 0 amide bonds. The number of benzene rings is 1. The van der Waals surface area contributed by atoms with Crippen LogP contribution >= 0.6 is 0 Å². The van der Waals surface area contributed by atoms with Gasteiger partial charge in [0, 0.05) is 19.3 Å². The minimum atomic E-state index is 0.509. The van der Waals surface area contributed by atoms with E-state index >= 15 is 0 Å². The zero-order valence-electron chi connectivity index (χ0n) is 12.5. The van der Waals surface area contributed by atoms with Gasteiger partial charge in [0.15, 0.2) is 5.96 Å². The first-order chi connectivity index (χ1) is 10.8. The van der Waals surface area contributed by atoms with Gasteiger partial charge in [-0.1, -0.05) is 18.2 Å². The molecule has 0 aliphatic carbocycles. The van der Waals surface area contributed by atoms with Gasteiger partial charge in [0.2, 0.25) is 0 Å². The van der Waals surface area contributed by atoms with E-state index in [1.165, 1.54) is 0 Å². The SMILES string of the molecule is COCCN1Cc2nc(Nc3ccccc3)ccc2N=C1N. The lowest BCUT2D eigenvalue weighted by Crippen LogP contribution is -2.40.